The van der Waals surface area contributed by atoms with Gasteiger partial charge in [0.1, 0.15) is 5.01 Å². The lowest BCUT2D eigenvalue weighted by Crippen LogP contribution is -2.18. The number of rotatable bonds is 3. The van der Waals surface area contributed by atoms with Crippen LogP contribution in [0.15, 0.2) is 22.3 Å². The van der Waals surface area contributed by atoms with E-state index in [9.17, 15) is 4.79 Å². The highest BCUT2D eigenvalue weighted by atomic mass is 32.1. The topological polar surface area (TPSA) is 50.7 Å². The minimum atomic E-state index is -0.0579. The van der Waals surface area contributed by atoms with Crippen molar-refractivity contribution in [2.75, 3.05) is 0 Å². The second-order valence-electron chi connectivity index (χ2n) is 6.28. The first kappa shape index (κ1) is 15.0. The van der Waals surface area contributed by atoms with Gasteiger partial charge in [-0.05, 0) is 38.3 Å². The Morgan fingerprint density at radius 3 is 2.55 bits per heavy atom. The summed E-state index contributed by atoms with van der Waals surface area (Å²) in [6, 6.07) is 4.21. The summed E-state index contributed by atoms with van der Waals surface area (Å²) in [6.07, 6.45) is 0. The molecule has 0 aliphatic rings. The quantitative estimate of drug-likeness (QED) is 0.775. The van der Waals surface area contributed by atoms with E-state index in [1.807, 2.05) is 19.9 Å². The summed E-state index contributed by atoms with van der Waals surface area (Å²) in [5.41, 5.74) is 5.06. The Bertz CT molecular complexity index is 883. The smallest absolute Gasteiger partial charge is 0.305 e. The van der Waals surface area contributed by atoms with Crippen LogP contribution in [0.25, 0.3) is 21.6 Å². The first-order valence-electron chi connectivity index (χ1n) is 7.59. The van der Waals surface area contributed by atoms with Crippen molar-refractivity contribution in [2.24, 2.45) is 0 Å². The van der Waals surface area contributed by atoms with Gasteiger partial charge in [-0.3, -0.25) is 4.57 Å². The maximum atomic E-state index is 12.3. The zero-order chi connectivity index (χ0) is 16.0. The summed E-state index contributed by atoms with van der Waals surface area (Å²) in [5.74, 6) is 0.406. The lowest BCUT2D eigenvalue weighted by molar-refractivity contribution is 0.598. The molecule has 0 aliphatic heterocycles. The van der Waals surface area contributed by atoms with E-state index in [0.29, 0.717) is 5.92 Å². The van der Waals surface area contributed by atoms with Crippen LogP contribution in [-0.4, -0.2) is 14.5 Å². The zero-order valence-corrected chi connectivity index (χ0v) is 14.4. The Kier molecular flexibility index (Phi) is 3.68. The van der Waals surface area contributed by atoms with E-state index < -0.39 is 0 Å². The van der Waals surface area contributed by atoms with Crippen LogP contribution in [0, 0.1) is 6.92 Å². The highest BCUT2D eigenvalue weighted by Gasteiger charge is 2.18. The van der Waals surface area contributed by atoms with E-state index in [2.05, 4.69) is 37.2 Å². The van der Waals surface area contributed by atoms with E-state index >= 15 is 0 Å². The second-order valence-corrected chi connectivity index (χ2v) is 7.14. The number of H-pyrrole nitrogens is 1. The van der Waals surface area contributed by atoms with Crippen molar-refractivity contribution in [3.63, 3.8) is 0 Å². The molecule has 0 amide bonds. The molecule has 0 atom stereocenters. The van der Waals surface area contributed by atoms with Crippen molar-refractivity contribution >= 4 is 22.4 Å². The van der Waals surface area contributed by atoms with Gasteiger partial charge in [0.2, 0.25) is 0 Å². The fourth-order valence-electron chi connectivity index (χ4n) is 2.75. The molecule has 1 N–H and O–H groups in total. The minimum absolute atomic E-state index is 0.0579. The van der Waals surface area contributed by atoms with Crippen molar-refractivity contribution in [1.82, 2.24) is 14.5 Å². The van der Waals surface area contributed by atoms with E-state index in [1.165, 1.54) is 0 Å². The Morgan fingerprint density at radius 1 is 1.23 bits per heavy atom. The Hall–Kier alpha value is -1.88. The average molecular weight is 315 g/mol. The molecule has 22 heavy (non-hydrogen) atoms. The molecular weight excluding hydrogens is 294 g/mol. The standard InChI is InChI=1S/C17H21N3OS/c1-9(2)12-8-22-16(18-12)14-11(5)6-7-13-15(14)19-17(21)20(13)10(3)4/h6-10H,1-5H3,(H,19,21). The number of hydrogen-bond acceptors (Lipinski definition) is 3. The number of aryl methyl sites for hydroxylation is 1. The summed E-state index contributed by atoms with van der Waals surface area (Å²) >= 11 is 1.64. The van der Waals surface area contributed by atoms with Crippen molar-refractivity contribution in [2.45, 2.75) is 46.6 Å². The van der Waals surface area contributed by atoms with Crippen LogP contribution in [0.5, 0.6) is 0 Å². The number of benzene rings is 1. The van der Waals surface area contributed by atoms with E-state index in [-0.39, 0.29) is 11.7 Å². The molecule has 4 nitrogen and oxygen atoms in total. The van der Waals surface area contributed by atoms with E-state index in [0.717, 1.165) is 32.9 Å². The van der Waals surface area contributed by atoms with Crippen LogP contribution >= 0.6 is 11.3 Å². The van der Waals surface area contributed by atoms with Crippen LogP contribution in [-0.2, 0) is 0 Å². The number of aromatic amines is 1. The summed E-state index contributed by atoms with van der Waals surface area (Å²) < 4.78 is 1.80. The molecule has 1 aromatic carbocycles. The molecule has 3 rings (SSSR count). The zero-order valence-electron chi connectivity index (χ0n) is 13.6. The molecule has 0 saturated heterocycles. The highest BCUT2D eigenvalue weighted by molar-refractivity contribution is 7.13. The first-order chi connectivity index (χ1) is 10.4. The number of fused-ring (bicyclic) bond motifs is 1. The van der Waals surface area contributed by atoms with Gasteiger partial charge < -0.3 is 4.98 Å². The van der Waals surface area contributed by atoms with Gasteiger partial charge in [-0.2, -0.15) is 0 Å². The van der Waals surface area contributed by atoms with Gasteiger partial charge in [0.15, 0.2) is 0 Å². The number of aromatic nitrogens is 3. The largest absolute Gasteiger partial charge is 0.326 e. The number of nitrogens with one attached hydrogen (secondary N) is 1. The molecule has 0 radical (unpaired) electrons. The number of thiazole rings is 1. The maximum absolute atomic E-state index is 12.3. The molecule has 0 spiro atoms. The number of hydrogen-bond donors (Lipinski definition) is 1. The average Bonchev–Trinajstić information content (AvgIpc) is 3.02. The van der Waals surface area contributed by atoms with Crippen molar-refractivity contribution in [3.05, 3.63) is 39.3 Å². The fraction of sp³-hybridized carbons (Fsp3) is 0.412. The van der Waals surface area contributed by atoms with E-state index in [1.54, 1.807) is 15.9 Å². The molecule has 116 valence electrons. The van der Waals surface area contributed by atoms with Crippen LogP contribution in [0.3, 0.4) is 0 Å². The van der Waals surface area contributed by atoms with Crippen LogP contribution in [0.4, 0.5) is 0 Å². The van der Waals surface area contributed by atoms with Crippen LogP contribution < -0.4 is 5.69 Å². The van der Waals surface area contributed by atoms with Gasteiger partial charge >= 0.3 is 5.69 Å². The molecular formula is C17H21N3OS. The van der Waals surface area contributed by atoms with Crippen LogP contribution in [0.2, 0.25) is 0 Å². The maximum Gasteiger partial charge on any atom is 0.326 e. The van der Waals surface area contributed by atoms with Crippen molar-refractivity contribution in [1.29, 1.82) is 0 Å². The Balaban J connectivity index is 2.30. The summed E-state index contributed by atoms with van der Waals surface area (Å²) in [6.45, 7) is 10.4. The SMILES string of the molecule is Cc1ccc2c([nH]c(=O)n2C(C)C)c1-c1nc(C(C)C)cs1. The lowest BCUT2D eigenvalue weighted by atomic mass is 10.1. The summed E-state index contributed by atoms with van der Waals surface area (Å²) in [5, 5.41) is 3.08. The predicted octanol–water partition coefficient (Wildman–Crippen LogP) is 4.47. The van der Waals surface area contributed by atoms with Gasteiger partial charge in [0, 0.05) is 17.0 Å². The summed E-state index contributed by atoms with van der Waals surface area (Å²) in [4.78, 5) is 20.1. The van der Waals surface area contributed by atoms with Crippen LogP contribution in [0.1, 0.15) is 50.9 Å². The van der Waals surface area contributed by atoms with Crippen molar-refractivity contribution < 1.29 is 0 Å². The molecule has 2 aromatic heterocycles. The highest BCUT2D eigenvalue weighted by Crippen LogP contribution is 2.34. The van der Waals surface area contributed by atoms with Crippen molar-refractivity contribution in [3.8, 4) is 10.6 Å². The summed E-state index contributed by atoms with van der Waals surface area (Å²) in [7, 11) is 0. The first-order valence-corrected chi connectivity index (χ1v) is 8.47. The number of imidazole rings is 1. The molecule has 0 unspecified atom stereocenters. The molecule has 0 aliphatic carbocycles. The van der Waals surface area contributed by atoms with E-state index in [4.69, 9.17) is 4.98 Å². The van der Waals surface area contributed by atoms with Gasteiger partial charge in [-0.1, -0.05) is 19.9 Å². The lowest BCUT2D eigenvalue weighted by Gasteiger charge is -2.09. The minimum Gasteiger partial charge on any atom is -0.305 e. The Morgan fingerprint density at radius 2 is 1.95 bits per heavy atom. The monoisotopic (exact) mass is 315 g/mol. The van der Waals surface area contributed by atoms with Gasteiger partial charge in [-0.25, -0.2) is 9.78 Å². The normalized spacial score (nSPS) is 12.0. The number of nitrogens with zero attached hydrogens (tertiary/aromatic N) is 2. The van der Waals surface area contributed by atoms with Gasteiger partial charge in [0.05, 0.1) is 16.7 Å². The molecule has 3 aromatic rings. The second kappa shape index (κ2) is 5.39. The Labute approximate surface area is 133 Å². The fourth-order valence-corrected chi connectivity index (χ4v) is 3.85. The molecule has 0 bridgehead atoms. The molecule has 2 heterocycles. The van der Waals surface area contributed by atoms with Gasteiger partial charge in [-0.15, -0.1) is 11.3 Å². The molecule has 0 saturated carbocycles. The van der Waals surface area contributed by atoms with Gasteiger partial charge in [0.25, 0.3) is 0 Å². The molecule has 0 fully saturated rings. The third kappa shape index (κ3) is 2.29. The third-order valence-electron chi connectivity index (χ3n) is 3.95. The molecule has 5 heteroatoms. The third-order valence-corrected chi connectivity index (χ3v) is 4.82. The predicted molar refractivity (Wildman–Crippen MR) is 92.9 cm³/mol.